The molecule has 4 heteroatoms. The van der Waals surface area contributed by atoms with E-state index in [2.05, 4.69) is 34.7 Å². The van der Waals surface area contributed by atoms with Crippen molar-refractivity contribution in [1.82, 2.24) is 9.88 Å². The summed E-state index contributed by atoms with van der Waals surface area (Å²) in [5, 5.41) is 0. The molecule has 1 aromatic rings. The first-order valence-electron chi connectivity index (χ1n) is 6.87. The van der Waals surface area contributed by atoms with Crippen LogP contribution in [0.1, 0.15) is 18.9 Å². The van der Waals surface area contributed by atoms with Crippen LogP contribution in [0.15, 0.2) is 18.3 Å². The maximum absolute atomic E-state index is 5.82. The first-order chi connectivity index (χ1) is 8.76. The fourth-order valence-electron chi connectivity index (χ4n) is 2.68. The molecule has 1 fully saturated rings. The van der Waals surface area contributed by atoms with Crippen molar-refractivity contribution in [2.45, 2.75) is 26.3 Å². The normalized spacial score (nSPS) is 18.9. The van der Waals surface area contributed by atoms with Crippen molar-refractivity contribution < 1.29 is 0 Å². The third kappa shape index (κ3) is 2.82. The number of aryl methyl sites for hydroxylation is 1. The molecule has 2 rings (SSSR count). The van der Waals surface area contributed by atoms with Gasteiger partial charge in [-0.15, -0.1) is 0 Å². The molecule has 0 saturated carbocycles. The van der Waals surface area contributed by atoms with Crippen LogP contribution >= 0.6 is 0 Å². The van der Waals surface area contributed by atoms with Gasteiger partial charge in [0.25, 0.3) is 0 Å². The van der Waals surface area contributed by atoms with Crippen molar-refractivity contribution in [3.05, 3.63) is 23.9 Å². The summed E-state index contributed by atoms with van der Waals surface area (Å²) in [7, 11) is 0. The molecule has 0 spiro atoms. The van der Waals surface area contributed by atoms with Crippen molar-refractivity contribution >= 4 is 5.82 Å². The van der Waals surface area contributed by atoms with E-state index in [0.29, 0.717) is 6.04 Å². The zero-order valence-corrected chi connectivity index (χ0v) is 11.5. The predicted octanol–water partition coefficient (Wildman–Crippen LogP) is 1.25. The Morgan fingerprint density at radius 3 is 2.61 bits per heavy atom. The fourth-order valence-corrected chi connectivity index (χ4v) is 2.68. The minimum absolute atomic E-state index is 0.539. The van der Waals surface area contributed by atoms with E-state index in [0.717, 1.165) is 45.0 Å². The average Bonchev–Trinajstić information content (AvgIpc) is 2.42. The van der Waals surface area contributed by atoms with Crippen molar-refractivity contribution in [3.8, 4) is 0 Å². The molecule has 2 N–H and O–H groups in total. The lowest BCUT2D eigenvalue weighted by molar-refractivity contribution is 0.184. The van der Waals surface area contributed by atoms with Gasteiger partial charge in [0.05, 0.1) is 0 Å². The molecule has 1 aromatic heterocycles. The molecule has 100 valence electrons. The average molecular weight is 248 g/mol. The number of rotatable bonds is 4. The minimum Gasteiger partial charge on any atom is -0.354 e. The molecule has 1 aliphatic rings. The number of anilines is 1. The summed E-state index contributed by atoms with van der Waals surface area (Å²) in [4.78, 5) is 9.39. The Morgan fingerprint density at radius 2 is 2.06 bits per heavy atom. The van der Waals surface area contributed by atoms with E-state index in [9.17, 15) is 0 Å². The van der Waals surface area contributed by atoms with Gasteiger partial charge in [-0.05, 0) is 25.0 Å². The molecule has 1 unspecified atom stereocenters. The minimum atomic E-state index is 0.539. The number of piperazine rings is 1. The smallest absolute Gasteiger partial charge is 0.131 e. The van der Waals surface area contributed by atoms with E-state index in [1.165, 1.54) is 5.56 Å². The Kier molecular flexibility index (Phi) is 4.55. The second-order valence-electron chi connectivity index (χ2n) is 4.96. The molecule has 1 saturated heterocycles. The highest BCUT2D eigenvalue weighted by molar-refractivity contribution is 5.46. The number of nitrogens with two attached hydrogens (primary N) is 1. The highest BCUT2D eigenvalue weighted by Crippen LogP contribution is 2.18. The summed E-state index contributed by atoms with van der Waals surface area (Å²) in [6, 6.07) is 4.66. The van der Waals surface area contributed by atoms with E-state index in [-0.39, 0.29) is 0 Å². The molecular weight excluding hydrogens is 224 g/mol. The molecule has 0 aliphatic carbocycles. The Balaban J connectivity index is 1.96. The summed E-state index contributed by atoms with van der Waals surface area (Å²) in [6.07, 6.45) is 3.02. The zero-order chi connectivity index (χ0) is 13.0. The highest BCUT2D eigenvalue weighted by Gasteiger charge is 2.22. The zero-order valence-electron chi connectivity index (χ0n) is 11.5. The van der Waals surface area contributed by atoms with Crippen LogP contribution < -0.4 is 10.6 Å². The second kappa shape index (κ2) is 6.16. The lowest BCUT2D eigenvalue weighted by atomic mass is 10.1. The molecular formula is C14H24N4. The van der Waals surface area contributed by atoms with Crippen LogP contribution in [0.25, 0.3) is 0 Å². The topological polar surface area (TPSA) is 45.4 Å². The van der Waals surface area contributed by atoms with Gasteiger partial charge < -0.3 is 10.6 Å². The SMILES string of the molecule is CCC(CN)N1CCN(c2ncccc2C)CC1. The maximum atomic E-state index is 5.82. The summed E-state index contributed by atoms with van der Waals surface area (Å²) in [5.74, 6) is 1.14. The van der Waals surface area contributed by atoms with Crippen LogP contribution in [0.4, 0.5) is 5.82 Å². The largest absolute Gasteiger partial charge is 0.354 e. The van der Waals surface area contributed by atoms with Crippen molar-refractivity contribution in [1.29, 1.82) is 0 Å². The maximum Gasteiger partial charge on any atom is 0.131 e. The van der Waals surface area contributed by atoms with Gasteiger partial charge in [-0.25, -0.2) is 4.98 Å². The molecule has 2 heterocycles. The van der Waals surface area contributed by atoms with Crippen molar-refractivity contribution in [2.24, 2.45) is 5.73 Å². The van der Waals surface area contributed by atoms with E-state index in [4.69, 9.17) is 5.73 Å². The molecule has 0 amide bonds. The first kappa shape index (κ1) is 13.3. The molecule has 0 aromatic carbocycles. The first-order valence-corrected chi connectivity index (χ1v) is 6.87. The van der Waals surface area contributed by atoms with Gasteiger partial charge in [0.2, 0.25) is 0 Å². The lowest BCUT2D eigenvalue weighted by Crippen LogP contribution is -2.52. The van der Waals surface area contributed by atoms with Crippen LogP contribution in [-0.4, -0.2) is 48.6 Å². The number of aromatic nitrogens is 1. The van der Waals surface area contributed by atoms with Gasteiger partial charge in [-0.2, -0.15) is 0 Å². The third-order valence-electron chi connectivity index (χ3n) is 3.86. The van der Waals surface area contributed by atoms with Gasteiger partial charge in [-0.1, -0.05) is 13.0 Å². The van der Waals surface area contributed by atoms with Gasteiger partial charge >= 0.3 is 0 Å². The third-order valence-corrected chi connectivity index (χ3v) is 3.86. The van der Waals surface area contributed by atoms with Crippen LogP contribution in [0.2, 0.25) is 0 Å². The van der Waals surface area contributed by atoms with Crippen LogP contribution in [0.5, 0.6) is 0 Å². The monoisotopic (exact) mass is 248 g/mol. The van der Waals surface area contributed by atoms with E-state index in [1.54, 1.807) is 0 Å². The van der Waals surface area contributed by atoms with Gasteiger partial charge in [0, 0.05) is 45.0 Å². The highest BCUT2D eigenvalue weighted by atomic mass is 15.3. The summed E-state index contributed by atoms with van der Waals surface area (Å²) in [5.41, 5.74) is 7.08. The summed E-state index contributed by atoms with van der Waals surface area (Å²) >= 11 is 0. The summed E-state index contributed by atoms with van der Waals surface area (Å²) in [6.45, 7) is 9.38. The molecule has 4 nitrogen and oxygen atoms in total. The molecule has 1 aliphatic heterocycles. The van der Waals surface area contributed by atoms with E-state index in [1.807, 2.05) is 12.3 Å². The molecule has 0 bridgehead atoms. The van der Waals surface area contributed by atoms with Crippen LogP contribution in [0, 0.1) is 6.92 Å². The lowest BCUT2D eigenvalue weighted by Gasteiger charge is -2.39. The number of hydrogen-bond acceptors (Lipinski definition) is 4. The standard InChI is InChI=1S/C14H24N4/c1-3-13(11-15)17-7-9-18(10-8-17)14-12(2)5-4-6-16-14/h4-6,13H,3,7-11,15H2,1-2H3. The number of hydrogen-bond donors (Lipinski definition) is 1. The Hall–Kier alpha value is -1.13. The Labute approximate surface area is 110 Å². The molecule has 18 heavy (non-hydrogen) atoms. The Morgan fingerprint density at radius 1 is 1.33 bits per heavy atom. The van der Waals surface area contributed by atoms with E-state index < -0.39 is 0 Å². The number of nitrogens with zero attached hydrogens (tertiary/aromatic N) is 3. The van der Waals surface area contributed by atoms with Crippen molar-refractivity contribution in [2.75, 3.05) is 37.6 Å². The van der Waals surface area contributed by atoms with Gasteiger partial charge in [-0.3, -0.25) is 4.90 Å². The quantitative estimate of drug-likeness (QED) is 0.871. The number of pyridine rings is 1. The Bertz CT molecular complexity index is 368. The fraction of sp³-hybridized carbons (Fsp3) is 0.643. The predicted molar refractivity (Wildman–Crippen MR) is 75.9 cm³/mol. The van der Waals surface area contributed by atoms with E-state index >= 15 is 0 Å². The summed E-state index contributed by atoms with van der Waals surface area (Å²) < 4.78 is 0. The van der Waals surface area contributed by atoms with Gasteiger partial charge in [0.15, 0.2) is 0 Å². The van der Waals surface area contributed by atoms with Crippen LogP contribution in [-0.2, 0) is 0 Å². The van der Waals surface area contributed by atoms with Crippen molar-refractivity contribution in [3.63, 3.8) is 0 Å². The molecule has 0 radical (unpaired) electrons. The second-order valence-corrected chi connectivity index (χ2v) is 4.96. The van der Waals surface area contributed by atoms with Gasteiger partial charge in [0.1, 0.15) is 5.82 Å². The molecule has 1 atom stereocenters. The van der Waals surface area contributed by atoms with Crippen LogP contribution in [0.3, 0.4) is 0 Å².